The zero-order valence-electron chi connectivity index (χ0n) is 19.1. The molecule has 0 saturated heterocycles. The molecule has 0 atom stereocenters. The number of anilines is 1. The van der Waals surface area contributed by atoms with Crippen LogP contribution in [0.4, 0.5) is 5.69 Å². The molecule has 17 nitrogen and oxygen atoms in total. The topological polar surface area (TPSA) is 220 Å². The van der Waals surface area contributed by atoms with E-state index in [-0.39, 0.29) is 35.8 Å². The summed E-state index contributed by atoms with van der Waals surface area (Å²) in [7, 11) is 0. The average molecular weight is 505 g/mol. The number of para-hydroxylation sites is 1. The van der Waals surface area contributed by atoms with Crippen LogP contribution >= 0.6 is 0 Å². The van der Waals surface area contributed by atoms with Gasteiger partial charge in [-0.3, -0.25) is 9.59 Å². The summed E-state index contributed by atoms with van der Waals surface area (Å²) in [5.41, 5.74) is 9.90. The van der Waals surface area contributed by atoms with Crippen molar-refractivity contribution in [1.82, 2.24) is 48.8 Å². The van der Waals surface area contributed by atoms with Crippen LogP contribution in [0.15, 0.2) is 52.6 Å². The summed E-state index contributed by atoms with van der Waals surface area (Å²) < 4.78 is 4.44. The Morgan fingerprint density at radius 3 is 1.65 bits per heavy atom. The highest BCUT2D eigenvalue weighted by molar-refractivity contribution is 5.97. The SMILES string of the molecule is NC(=O)c1ncn2c(=O)n(CCN(CCn3nnc4c(C(N)=O)ncn4c3=O)c3ccccc3)nnc12. The maximum Gasteiger partial charge on any atom is 0.353 e. The van der Waals surface area contributed by atoms with Gasteiger partial charge in [-0.2, -0.15) is 9.36 Å². The van der Waals surface area contributed by atoms with Crippen LogP contribution in [0.5, 0.6) is 0 Å². The van der Waals surface area contributed by atoms with Gasteiger partial charge in [0.2, 0.25) is 0 Å². The molecule has 5 aromatic rings. The fraction of sp³-hybridized carbons (Fsp3) is 0.200. The summed E-state index contributed by atoms with van der Waals surface area (Å²) in [4.78, 5) is 58.1. The van der Waals surface area contributed by atoms with Crippen LogP contribution in [0.3, 0.4) is 0 Å². The molecule has 4 heterocycles. The molecule has 0 aliphatic rings. The molecule has 1 aromatic carbocycles. The first-order valence-electron chi connectivity index (χ1n) is 10.9. The van der Waals surface area contributed by atoms with E-state index in [4.69, 9.17) is 11.5 Å². The predicted molar refractivity (Wildman–Crippen MR) is 126 cm³/mol. The minimum absolute atomic E-state index is 0.0269. The van der Waals surface area contributed by atoms with Crippen LogP contribution in [0.1, 0.15) is 21.0 Å². The van der Waals surface area contributed by atoms with Crippen LogP contribution in [0.25, 0.3) is 11.3 Å². The molecule has 0 spiro atoms. The van der Waals surface area contributed by atoms with Gasteiger partial charge in [0.25, 0.3) is 11.8 Å². The zero-order valence-corrected chi connectivity index (χ0v) is 19.1. The number of primary amides is 2. The second kappa shape index (κ2) is 9.29. The molecule has 0 radical (unpaired) electrons. The summed E-state index contributed by atoms with van der Waals surface area (Å²) >= 11 is 0. The van der Waals surface area contributed by atoms with Gasteiger partial charge < -0.3 is 16.4 Å². The van der Waals surface area contributed by atoms with Crippen molar-refractivity contribution >= 4 is 28.8 Å². The largest absolute Gasteiger partial charge is 0.368 e. The lowest BCUT2D eigenvalue weighted by molar-refractivity contribution is 0.0989. The first-order chi connectivity index (χ1) is 17.8. The number of nitrogens with two attached hydrogens (primary N) is 2. The Morgan fingerprint density at radius 1 is 0.757 bits per heavy atom. The third kappa shape index (κ3) is 4.24. The van der Waals surface area contributed by atoms with Crippen molar-refractivity contribution < 1.29 is 9.59 Å². The van der Waals surface area contributed by atoms with Crippen molar-refractivity contribution in [2.45, 2.75) is 13.1 Å². The van der Waals surface area contributed by atoms with E-state index in [1.165, 1.54) is 12.7 Å². The molecular weight excluding hydrogens is 486 g/mol. The highest BCUT2D eigenvalue weighted by atomic mass is 16.2. The number of aromatic nitrogens is 10. The van der Waals surface area contributed by atoms with Gasteiger partial charge in [0.15, 0.2) is 22.7 Å². The Morgan fingerprint density at radius 2 is 1.22 bits per heavy atom. The Bertz CT molecular complexity index is 1640. The lowest BCUT2D eigenvalue weighted by atomic mass is 10.3. The number of imidazole rings is 2. The molecule has 0 aliphatic heterocycles. The molecule has 188 valence electrons. The Balaban J connectivity index is 1.38. The molecule has 4 N–H and O–H groups in total. The normalized spacial score (nSPS) is 11.2. The van der Waals surface area contributed by atoms with Crippen LogP contribution in [-0.2, 0) is 13.1 Å². The van der Waals surface area contributed by atoms with Crippen LogP contribution in [0, 0.1) is 0 Å². The molecule has 0 fully saturated rings. The number of carbonyl (C=O) groups excluding carboxylic acids is 2. The molecule has 37 heavy (non-hydrogen) atoms. The number of rotatable bonds is 9. The maximum atomic E-state index is 12.8. The molecule has 2 amide bonds. The van der Waals surface area contributed by atoms with Gasteiger partial charge in [-0.25, -0.2) is 28.4 Å². The second-order valence-electron chi connectivity index (χ2n) is 7.81. The van der Waals surface area contributed by atoms with E-state index in [0.717, 1.165) is 23.9 Å². The van der Waals surface area contributed by atoms with Gasteiger partial charge in [-0.05, 0) is 12.1 Å². The highest BCUT2D eigenvalue weighted by Gasteiger charge is 2.18. The number of benzene rings is 1. The van der Waals surface area contributed by atoms with Crippen LogP contribution in [0.2, 0.25) is 0 Å². The van der Waals surface area contributed by atoms with Crippen molar-refractivity contribution in [2.24, 2.45) is 11.5 Å². The molecule has 17 heteroatoms. The quantitative estimate of drug-likeness (QED) is 0.210. The second-order valence-corrected chi connectivity index (χ2v) is 7.81. The van der Waals surface area contributed by atoms with E-state index >= 15 is 0 Å². The number of carbonyl (C=O) groups is 2. The van der Waals surface area contributed by atoms with Gasteiger partial charge in [-0.15, -0.1) is 10.2 Å². The van der Waals surface area contributed by atoms with Gasteiger partial charge in [0.1, 0.15) is 12.7 Å². The fourth-order valence-electron chi connectivity index (χ4n) is 3.74. The molecule has 4 aromatic heterocycles. The minimum Gasteiger partial charge on any atom is -0.368 e. The molecule has 5 rings (SSSR count). The third-order valence-corrected chi connectivity index (χ3v) is 5.58. The third-order valence-electron chi connectivity index (χ3n) is 5.58. The van der Waals surface area contributed by atoms with Crippen molar-refractivity contribution in [3.8, 4) is 0 Å². The molecule has 0 bridgehead atoms. The van der Waals surface area contributed by atoms with Crippen LogP contribution < -0.4 is 27.7 Å². The first-order valence-corrected chi connectivity index (χ1v) is 10.9. The monoisotopic (exact) mass is 505 g/mol. The number of hydrogen-bond donors (Lipinski definition) is 2. The summed E-state index contributed by atoms with van der Waals surface area (Å²) in [6.45, 7) is 0.874. The van der Waals surface area contributed by atoms with Crippen molar-refractivity contribution in [2.75, 3.05) is 18.0 Å². The Kier molecular flexibility index (Phi) is 5.84. The Labute approximate surface area is 205 Å². The fourth-order valence-corrected chi connectivity index (χ4v) is 3.74. The summed E-state index contributed by atoms with van der Waals surface area (Å²) in [5.74, 6) is -1.63. The molecule has 0 saturated carbocycles. The summed E-state index contributed by atoms with van der Waals surface area (Å²) in [6, 6.07) is 9.32. The van der Waals surface area contributed by atoms with Crippen molar-refractivity contribution in [3.05, 3.63) is 75.3 Å². The van der Waals surface area contributed by atoms with E-state index in [1.807, 2.05) is 35.2 Å². The first kappa shape index (κ1) is 23.3. The molecule has 0 aliphatic carbocycles. The van der Waals surface area contributed by atoms with Gasteiger partial charge in [0.05, 0.1) is 13.1 Å². The van der Waals surface area contributed by atoms with E-state index in [0.29, 0.717) is 13.1 Å². The van der Waals surface area contributed by atoms with Crippen molar-refractivity contribution in [3.63, 3.8) is 0 Å². The number of hydrogen-bond acceptors (Lipinski definition) is 11. The number of amides is 2. The van der Waals surface area contributed by atoms with E-state index < -0.39 is 23.2 Å². The summed E-state index contributed by atoms with van der Waals surface area (Å²) in [6.07, 6.45) is 2.33. The highest BCUT2D eigenvalue weighted by Crippen LogP contribution is 2.13. The number of nitrogens with zero attached hydrogens (tertiary/aromatic N) is 11. The lowest BCUT2D eigenvalue weighted by Gasteiger charge is -2.24. The standard InChI is InChI=1S/C20H19N13O4/c21-15(34)13-17-25-27-32(19(36)30(17)10-23-13)8-6-29(12-4-2-1-3-5-12)7-9-33-20(37)31-11-24-14(16(22)35)18(31)26-28-33/h1-5,10-11H,6-9H2,(H2,21,34)(H2,22,35). The number of fused-ring (bicyclic) bond motifs is 2. The van der Waals surface area contributed by atoms with E-state index in [2.05, 4.69) is 30.6 Å². The predicted octanol–water partition coefficient (Wildman–Crippen LogP) is -2.71. The molecule has 0 unspecified atom stereocenters. The van der Waals surface area contributed by atoms with Crippen molar-refractivity contribution in [1.29, 1.82) is 0 Å². The van der Waals surface area contributed by atoms with E-state index in [9.17, 15) is 19.2 Å². The average Bonchev–Trinajstić information content (AvgIpc) is 3.52. The smallest absolute Gasteiger partial charge is 0.353 e. The zero-order chi connectivity index (χ0) is 26.1. The van der Waals surface area contributed by atoms with E-state index in [1.54, 1.807) is 0 Å². The molecular formula is C20H19N13O4. The lowest BCUT2D eigenvalue weighted by Crippen LogP contribution is -2.39. The Hall–Kier alpha value is -5.48. The minimum atomic E-state index is -0.817. The summed E-state index contributed by atoms with van der Waals surface area (Å²) in [5, 5.41) is 15.6. The van der Waals surface area contributed by atoms with Gasteiger partial charge >= 0.3 is 11.4 Å². The van der Waals surface area contributed by atoms with Gasteiger partial charge in [0, 0.05) is 18.8 Å². The van der Waals surface area contributed by atoms with Gasteiger partial charge in [-0.1, -0.05) is 28.6 Å². The maximum absolute atomic E-state index is 12.8. The van der Waals surface area contributed by atoms with Crippen LogP contribution in [-0.4, -0.2) is 73.7 Å².